The first-order valence-corrected chi connectivity index (χ1v) is 7.58. The number of hydrogen-bond acceptors (Lipinski definition) is 4. The number of nitrogens with zero attached hydrogens (tertiary/aromatic N) is 2. The highest BCUT2D eigenvalue weighted by atomic mass is 32.2. The molecule has 0 spiro atoms. The smallest absolute Gasteiger partial charge is 0.244 e. The van der Waals surface area contributed by atoms with Crippen molar-refractivity contribution in [2.24, 2.45) is 5.92 Å². The number of pyridine rings is 1. The average molecular weight is 269 g/mol. The lowest BCUT2D eigenvalue weighted by Crippen LogP contribution is -2.34. The summed E-state index contributed by atoms with van der Waals surface area (Å²) in [5.74, 6) is 1.19. The SMILES string of the molecule is CNc1ccc(S(=O)(=O)N(C)CC2CCC2)cn1. The van der Waals surface area contributed by atoms with Crippen molar-refractivity contribution < 1.29 is 8.42 Å². The summed E-state index contributed by atoms with van der Waals surface area (Å²) in [5, 5.41) is 2.87. The third-order valence-electron chi connectivity index (χ3n) is 3.44. The lowest BCUT2D eigenvalue weighted by atomic mass is 9.86. The first kappa shape index (κ1) is 13.3. The fraction of sp³-hybridized carbons (Fsp3) is 0.583. The number of aromatic nitrogens is 1. The zero-order valence-corrected chi connectivity index (χ0v) is 11.6. The summed E-state index contributed by atoms with van der Waals surface area (Å²) >= 11 is 0. The second kappa shape index (κ2) is 5.24. The van der Waals surface area contributed by atoms with E-state index in [4.69, 9.17) is 0 Å². The molecule has 1 N–H and O–H groups in total. The fourth-order valence-electron chi connectivity index (χ4n) is 2.00. The Balaban J connectivity index is 2.12. The van der Waals surface area contributed by atoms with E-state index in [-0.39, 0.29) is 4.90 Å². The molecule has 5 nitrogen and oxygen atoms in total. The second-order valence-electron chi connectivity index (χ2n) is 4.71. The van der Waals surface area contributed by atoms with Gasteiger partial charge in [-0.15, -0.1) is 0 Å². The minimum Gasteiger partial charge on any atom is -0.373 e. The van der Waals surface area contributed by atoms with Crippen LogP contribution in [-0.4, -0.2) is 38.3 Å². The largest absolute Gasteiger partial charge is 0.373 e. The minimum absolute atomic E-state index is 0.253. The van der Waals surface area contributed by atoms with Crippen LogP contribution in [0.4, 0.5) is 5.82 Å². The molecule has 1 fully saturated rings. The monoisotopic (exact) mass is 269 g/mol. The first-order chi connectivity index (χ1) is 8.54. The van der Waals surface area contributed by atoms with E-state index in [2.05, 4.69) is 10.3 Å². The molecule has 100 valence electrons. The van der Waals surface area contributed by atoms with Crippen LogP contribution in [0.1, 0.15) is 19.3 Å². The van der Waals surface area contributed by atoms with Gasteiger partial charge in [0.1, 0.15) is 10.7 Å². The van der Waals surface area contributed by atoms with Crippen LogP contribution in [-0.2, 0) is 10.0 Å². The zero-order chi connectivity index (χ0) is 13.2. The van der Waals surface area contributed by atoms with Crippen molar-refractivity contribution in [3.8, 4) is 0 Å². The number of sulfonamides is 1. The molecule has 1 heterocycles. The van der Waals surface area contributed by atoms with E-state index in [1.165, 1.54) is 16.9 Å². The lowest BCUT2D eigenvalue weighted by molar-refractivity contribution is 0.263. The molecule has 2 rings (SSSR count). The van der Waals surface area contributed by atoms with Crippen molar-refractivity contribution in [3.63, 3.8) is 0 Å². The average Bonchev–Trinajstić information content (AvgIpc) is 2.33. The Morgan fingerprint density at radius 2 is 2.17 bits per heavy atom. The molecular formula is C12H19N3O2S. The van der Waals surface area contributed by atoms with Crippen molar-refractivity contribution in [1.29, 1.82) is 0 Å². The van der Waals surface area contributed by atoms with E-state index in [1.807, 2.05) is 0 Å². The third kappa shape index (κ3) is 2.64. The predicted octanol–water partition coefficient (Wildman–Crippen LogP) is 1.54. The molecule has 6 heteroatoms. The van der Waals surface area contributed by atoms with Gasteiger partial charge in [0.2, 0.25) is 10.0 Å². The number of hydrogen-bond donors (Lipinski definition) is 1. The fourth-order valence-corrected chi connectivity index (χ4v) is 3.19. The van der Waals surface area contributed by atoms with Gasteiger partial charge in [0.05, 0.1) is 0 Å². The second-order valence-corrected chi connectivity index (χ2v) is 6.76. The summed E-state index contributed by atoms with van der Waals surface area (Å²) in [6.07, 6.45) is 4.89. The van der Waals surface area contributed by atoms with E-state index >= 15 is 0 Å². The standard InChI is InChI=1S/C12H19N3O2S/c1-13-12-7-6-11(8-14-12)18(16,17)15(2)9-10-4-3-5-10/h6-8,10H,3-5,9H2,1-2H3,(H,13,14). The van der Waals surface area contributed by atoms with Crippen LogP contribution in [0.2, 0.25) is 0 Å². The Morgan fingerprint density at radius 3 is 2.61 bits per heavy atom. The van der Waals surface area contributed by atoms with Crippen molar-refractivity contribution in [1.82, 2.24) is 9.29 Å². The highest BCUT2D eigenvalue weighted by molar-refractivity contribution is 7.89. The maximum Gasteiger partial charge on any atom is 0.244 e. The highest BCUT2D eigenvalue weighted by Gasteiger charge is 2.26. The topological polar surface area (TPSA) is 62.3 Å². The molecule has 0 amide bonds. The van der Waals surface area contributed by atoms with Gasteiger partial charge in [0, 0.05) is 26.8 Å². The maximum absolute atomic E-state index is 12.3. The minimum atomic E-state index is -3.39. The third-order valence-corrected chi connectivity index (χ3v) is 5.25. The molecule has 0 bridgehead atoms. The molecular weight excluding hydrogens is 250 g/mol. The van der Waals surface area contributed by atoms with Crippen LogP contribution in [0, 0.1) is 5.92 Å². The van der Waals surface area contributed by atoms with Gasteiger partial charge < -0.3 is 5.32 Å². The summed E-state index contributed by atoms with van der Waals surface area (Å²) in [6.45, 7) is 0.607. The van der Waals surface area contributed by atoms with Crippen molar-refractivity contribution in [3.05, 3.63) is 18.3 Å². The van der Waals surface area contributed by atoms with Gasteiger partial charge in [-0.3, -0.25) is 0 Å². The van der Waals surface area contributed by atoms with E-state index in [0.29, 0.717) is 18.3 Å². The van der Waals surface area contributed by atoms with E-state index < -0.39 is 10.0 Å². The Hall–Kier alpha value is -1.14. The summed E-state index contributed by atoms with van der Waals surface area (Å²) in [6, 6.07) is 3.26. The van der Waals surface area contributed by atoms with Gasteiger partial charge in [0.25, 0.3) is 0 Å². The summed E-state index contributed by atoms with van der Waals surface area (Å²) in [5.41, 5.74) is 0. The van der Waals surface area contributed by atoms with Crippen LogP contribution in [0.15, 0.2) is 23.2 Å². The molecule has 0 radical (unpaired) electrons. The van der Waals surface area contributed by atoms with Crippen LogP contribution in [0.5, 0.6) is 0 Å². The molecule has 0 saturated heterocycles. The van der Waals surface area contributed by atoms with Crippen molar-refractivity contribution >= 4 is 15.8 Å². The summed E-state index contributed by atoms with van der Waals surface area (Å²) in [7, 11) is -0.00442. The van der Waals surface area contributed by atoms with E-state index in [1.54, 1.807) is 26.2 Å². The van der Waals surface area contributed by atoms with E-state index in [0.717, 1.165) is 12.8 Å². The lowest BCUT2D eigenvalue weighted by Gasteiger charge is -2.29. The molecule has 1 aliphatic rings. The molecule has 1 aromatic heterocycles. The zero-order valence-electron chi connectivity index (χ0n) is 10.8. The van der Waals surface area contributed by atoms with Crippen LogP contribution in [0.3, 0.4) is 0 Å². The van der Waals surface area contributed by atoms with Gasteiger partial charge in [-0.1, -0.05) is 6.42 Å². The molecule has 1 aromatic rings. The van der Waals surface area contributed by atoms with Crippen molar-refractivity contribution in [2.45, 2.75) is 24.2 Å². The Kier molecular flexibility index (Phi) is 3.87. The molecule has 0 unspecified atom stereocenters. The van der Waals surface area contributed by atoms with Gasteiger partial charge in [-0.2, -0.15) is 0 Å². The summed E-state index contributed by atoms with van der Waals surface area (Å²) in [4.78, 5) is 4.30. The molecule has 18 heavy (non-hydrogen) atoms. The maximum atomic E-state index is 12.3. The molecule has 0 aliphatic heterocycles. The van der Waals surface area contributed by atoms with E-state index in [9.17, 15) is 8.42 Å². The van der Waals surface area contributed by atoms with Gasteiger partial charge >= 0.3 is 0 Å². The normalized spacial score (nSPS) is 16.6. The number of anilines is 1. The Morgan fingerprint density at radius 1 is 1.44 bits per heavy atom. The first-order valence-electron chi connectivity index (χ1n) is 6.14. The van der Waals surface area contributed by atoms with Crippen molar-refractivity contribution in [2.75, 3.05) is 26.0 Å². The number of nitrogens with one attached hydrogen (secondary N) is 1. The predicted molar refractivity (Wildman–Crippen MR) is 70.9 cm³/mol. The molecule has 0 aromatic carbocycles. The molecule has 0 atom stereocenters. The van der Waals surface area contributed by atoms with Gasteiger partial charge in [0.15, 0.2) is 0 Å². The highest BCUT2D eigenvalue weighted by Crippen LogP contribution is 2.28. The molecule has 1 saturated carbocycles. The summed E-state index contributed by atoms with van der Waals surface area (Å²) < 4.78 is 26.0. The number of rotatable bonds is 5. The molecule has 1 aliphatic carbocycles. The van der Waals surface area contributed by atoms with Crippen LogP contribution in [0.25, 0.3) is 0 Å². The van der Waals surface area contributed by atoms with Gasteiger partial charge in [-0.05, 0) is 30.9 Å². The Bertz CT molecular complexity index is 495. The Labute approximate surface area is 108 Å². The quantitative estimate of drug-likeness (QED) is 0.881. The van der Waals surface area contributed by atoms with Crippen LogP contribution < -0.4 is 5.32 Å². The van der Waals surface area contributed by atoms with Crippen LogP contribution >= 0.6 is 0 Å². The van der Waals surface area contributed by atoms with Gasteiger partial charge in [-0.25, -0.2) is 17.7 Å².